The maximum Gasteiger partial charge on any atom is 0.325 e. The maximum atomic E-state index is 10.9. The van der Waals surface area contributed by atoms with Crippen LogP contribution in [0, 0.1) is 0 Å². The van der Waals surface area contributed by atoms with Crippen molar-refractivity contribution in [3.05, 3.63) is 23.8 Å². The highest BCUT2D eigenvalue weighted by molar-refractivity contribution is 5.77. The summed E-state index contributed by atoms with van der Waals surface area (Å²) in [6.07, 6.45) is 2.39. The lowest BCUT2D eigenvalue weighted by Gasteiger charge is -2.20. The number of carboxylic acid groups (broad SMARTS) is 1. The van der Waals surface area contributed by atoms with E-state index in [-0.39, 0.29) is 0 Å². The monoisotopic (exact) mass is 250 g/mol. The molecule has 98 valence electrons. The molecule has 2 rings (SSSR count). The molecule has 18 heavy (non-hydrogen) atoms. The van der Waals surface area contributed by atoms with Gasteiger partial charge in [-0.1, -0.05) is 6.07 Å². The Bertz CT molecular complexity index is 442. The van der Waals surface area contributed by atoms with Gasteiger partial charge in [-0.15, -0.1) is 0 Å². The Kier molecular flexibility index (Phi) is 3.72. The zero-order valence-corrected chi connectivity index (χ0v) is 10.4. The van der Waals surface area contributed by atoms with Gasteiger partial charge in [0, 0.05) is 30.4 Å². The molecule has 0 amide bonds. The second-order valence-corrected chi connectivity index (χ2v) is 4.44. The fourth-order valence-electron chi connectivity index (χ4n) is 2.26. The fraction of sp³-hybridized carbons (Fsp3) is 0.462. The summed E-state index contributed by atoms with van der Waals surface area (Å²) in [6.45, 7) is 2.07. The molecule has 0 unspecified atom stereocenters. The first kappa shape index (κ1) is 12.7. The van der Waals surface area contributed by atoms with Crippen LogP contribution in [0.4, 0.5) is 5.69 Å². The van der Waals surface area contributed by atoms with Crippen LogP contribution >= 0.6 is 0 Å². The molecule has 0 saturated carbocycles. The van der Waals surface area contributed by atoms with E-state index >= 15 is 0 Å². The number of nitrogens with zero attached hydrogens (tertiary/aromatic N) is 1. The third-order valence-electron chi connectivity index (χ3n) is 3.29. The van der Waals surface area contributed by atoms with E-state index < -0.39 is 12.0 Å². The molecular weight excluding hydrogens is 232 g/mol. The predicted octanol–water partition coefficient (Wildman–Crippen LogP) is 1.38. The molecule has 1 aromatic rings. The van der Waals surface area contributed by atoms with Gasteiger partial charge in [0.25, 0.3) is 0 Å². The summed E-state index contributed by atoms with van der Waals surface area (Å²) in [5.41, 5.74) is 7.19. The van der Waals surface area contributed by atoms with E-state index in [0.717, 1.165) is 18.8 Å². The highest BCUT2D eigenvalue weighted by Gasteiger charge is 2.20. The van der Waals surface area contributed by atoms with Crippen molar-refractivity contribution in [2.45, 2.75) is 18.9 Å². The lowest BCUT2D eigenvalue weighted by molar-refractivity contribution is -0.138. The average molecular weight is 250 g/mol. The van der Waals surface area contributed by atoms with Crippen molar-refractivity contribution in [2.24, 2.45) is 5.73 Å². The van der Waals surface area contributed by atoms with Crippen molar-refractivity contribution in [3.63, 3.8) is 0 Å². The molecule has 3 N–H and O–H groups in total. The standard InChI is InChI=1S/C13H18N2O3/c1-18-11-8-9(15-6-2-3-7-15)4-5-10(11)12(14)13(16)17/h4-5,8,12H,2-3,6-7,14H2,1H3,(H,16,17)/t12-/m0/s1. The lowest BCUT2D eigenvalue weighted by Crippen LogP contribution is -2.22. The van der Waals surface area contributed by atoms with Gasteiger partial charge in [0.15, 0.2) is 0 Å². The average Bonchev–Trinajstić information content (AvgIpc) is 2.90. The molecule has 1 aliphatic heterocycles. The van der Waals surface area contributed by atoms with E-state index in [0.29, 0.717) is 11.3 Å². The fourth-order valence-corrected chi connectivity index (χ4v) is 2.26. The Morgan fingerprint density at radius 3 is 2.67 bits per heavy atom. The molecule has 0 bridgehead atoms. The molecule has 1 aromatic carbocycles. The third-order valence-corrected chi connectivity index (χ3v) is 3.29. The number of carboxylic acids is 1. The molecule has 0 spiro atoms. The molecule has 1 aliphatic rings. The summed E-state index contributed by atoms with van der Waals surface area (Å²) in [4.78, 5) is 13.2. The molecule has 1 heterocycles. The van der Waals surface area contributed by atoms with Gasteiger partial charge in [-0.3, -0.25) is 4.79 Å². The number of ether oxygens (including phenoxy) is 1. The minimum absolute atomic E-state index is 0.507. The van der Waals surface area contributed by atoms with Crippen molar-refractivity contribution in [1.82, 2.24) is 0 Å². The van der Waals surface area contributed by atoms with Gasteiger partial charge in [-0.05, 0) is 18.9 Å². The Morgan fingerprint density at radius 1 is 1.44 bits per heavy atom. The molecule has 0 aliphatic carbocycles. The van der Waals surface area contributed by atoms with Gasteiger partial charge in [-0.2, -0.15) is 0 Å². The molecule has 1 fully saturated rings. The Morgan fingerprint density at radius 2 is 2.11 bits per heavy atom. The van der Waals surface area contributed by atoms with E-state index in [1.165, 1.54) is 20.0 Å². The summed E-state index contributed by atoms with van der Waals surface area (Å²) >= 11 is 0. The quantitative estimate of drug-likeness (QED) is 0.844. The largest absolute Gasteiger partial charge is 0.496 e. The minimum Gasteiger partial charge on any atom is -0.496 e. The van der Waals surface area contributed by atoms with E-state index in [1.54, 1.807) is 6.07 Å². The van der Waals surface area contributed by atoms with Crippen molar-refractivity contribution < 1.29 is 14.6 Å². The molecule has 1 saturated heterocycles. The van der Waals surface area contributed by atoms with Crippen LogP contribution in [0.1, 0.15) is 24.4 Å². The third kappa shape index (κ3) is 2.41. The van der Waals surface area contributed by atoms with Crippen LogP contribution in [0.5, 0.6) is 5.75 Å². The lowest BCUT2D eigenvalue weighted by atomic mass is 10.1. The first-order valence-electron chi connectivity index (χ1n) is 6.04. The van der Waals surface area contributed by atoms with Gasteiger partial charge >= 0.3 is 5.97 Å². The van der Waals surface area contributed by atoms with Gasteiger partial charge in [0.05, 0.1) is 7.11 Å². The van der Waals surface area contributed by atoms with E-state index in [9.17, 15) is 4.79 Å². The number of hydrogen-bond acceptors (Lipinski definition) is 4. The summed E-state index contributed by atoms with van der Waals surface area (Å²) in [6, 6.07) is 4.47. The number of methoxy groups -OCH3 is 1. The van der Waals surface area contributed by atoms with Crippen molar-refractivity contribution >= 4 is 11.7 Å². The molecule has 5 heteroatoms. The second-order valence-electron chi connectivity index (χ2n) is 4.44. The number of carbonyl (C=O) groups is 1. The van der Waals surface area contributed by atoms with Crippen molar-refractivity contribution in [2.75, 3.05) is 25.1 Å². The van der Waals surface area contributed by atoms with Crippen LogP contribution in [-0.4, -0.2) is 31.3 Å². The van der Waals surface area contributed by atoms with Crippen molar-refractivity contribution in [3.8, 4) is 5.75 Å². The smallest absolute Gasteiger partial charge is 0.325 e. The van der Waals surface area contributed by atoms with Gasteiger partial charge < -0.3 is 20.5 Å². The van der Waals surface area contributed by atoms with Crippen molar-refractivity contribution in [1.29, 1.82) is 0 Å². The zero-order chi connectivity index (χ0) is 13.1. The normalized spacial score (nSPS) is 16.7. The predicted molar refractivity (Wildman–Crippen MR) is 69.0 cm³/mol. The molecule has 0 radical (unpaired) electrons. The molecular formula is C13H18N2O3. The number of nitrogens with two attached hydrogens (primary N) is 1. The van der Waals surface area contributed by atoms with Gasteiger partial charge in [0.2, 0.25) is 0 Å². The number of benzene rings is 1. The van der Waals surface area contributed by atoms with Gasteiger partial charge in [-0.25, -0.2) is 0 Å². The SMILES string of the molecule is COc1cc(N2CCCC2)ccc1[C@H](N)C(=O)O. The zero-order valence-electron chi connectivity index (χ0n) is 10.4. The summed E-state index contributed by atoms with van der Waals surface area (Å²) in [5.74, 6) is -0.517. The van der Waals surface area contributed by atoms with Gasteiger partial charge in [0.1, 0.15) is 11.8 Å². The van der Waals surface area contributed by atoms with Crippen LogP contribution < -0.4 is 15.4 Å². The second kappa shape index (κ2) is 5.27. The molecule has 5 nitrogen and oxygen atoms in total. The first-order valence-corrected chi connectivity index (χ1v) is 6.04. The van der Waals surface area contributed by atoms with Crippen LogP contribution in [0.25, 0.3) is 0 Å². The van der Waals surface area contributed by atoms with Crippen LogP contribution in [-0.2, 0) is 4.79 Å². The number of hydrogen-bond donors (Lipinski definition) is 2. The summed E-state index contributed by atoms with van der Waals surface area (Å²) < 4.78 is 5.25. The Balaban J connectivity index is 2.30. The highest BCUT2D eigenvalue weighted by atomic mass is 16.5. The summed E-state index contributed by atoms with van der Waals surface area (Å²) in [7, 11) is 1.53. The number of anilines is 1. The highest BCUT2D eigenvalue weighted by Crippen LogP contribution is 2.30. The van der Waals surface area contributed by atoms with E-state index in [2.05, 4.69) is 4.90 Å². The number of aliphatic carboxylic acids is 1. The first-order chi connectivity index (χ1) is 8.63. The Labute approximate surface area is 106 Å². The topological polar surface area (TPSA) is 75.8 Å². The van der Waals surface area contributed by atoms with E-state index in [1.807, 2.05) is 12.1 Å². The van der Waals surface area contributed by atoms with Crippen LogP contribution in [0.2, 0.25) is 0 Å². The Hall–Kier alpha value is -1.75. The maximum absolute atomic E-state index is 10.9. The van der Waals surface area contributed by atoms with Crippen LogP contribution in [0.15, 0.2) is 18.2 Å². The minimum atomic E-state index is -1.05. The number of rotatable bonds is 4. The molecule has 1 atom stereocenters. The summed E-state index contributed by atoms with van der Waals surface area (Å²) in [5, 5.41) is 8.95. The molecule has 0 aromatic heterocycles. The van der Waals surface area contributed by atoms with Crippen LogP contribution in [0.3, 0.4) is 0 Å². The van der Waals surface area contributed by atoms with E-state index in [4.69, 9.17) is 15.6 Å².